The van der Waals surface area contributed by atoms with Crippen LogP contribution in [0, 0.1) is 0 Å². The third-order valence-electron chi connectivity index (χ3n) is 2.57. The van der Waals surface area contributed by atoms with E-state index in [4.69, 9.17) is 5.73 Å². The van der Waals surface area contributed by atoms with E-state index in [0.29, 0.717) is 11.4 Å². The summed E-state index contributed by atoms with van der Waals surface area (Å²) in [7, 11) is 0. The first-order valence-corrected chi connectivity index (χ1v) is 5.54. The van der Waals surface area contributed by atoms with Crippen LogP contribution in [0.2, 0.25) is 0 Å². The van der Waals surface area contributed by atoms with Gasteiger partial charge in [0.15, 0.2) is 0 Å². The maximum absolute atomic E-state index is 11.9. The molecule has 0 aliphatic heterocycles. The van der Waals surface area contributed by atoms with Crippen molar-refractivity contribution in [2.45, 2.75) is 25.8 Å². The molecule has 3 N–H and O–H groups in total. The lowest BCUT2D eigenvalue weighted by Crippen LogP contribution is -2.43. The summed E-state index contributed by atoms with van der Waals surface area (Å²) in [6.07, 6.45) is 1.97. The first-order valence-electron chi connectivity index (χ1n) is 5.54. The maximum atomic E-state index is 11.9. The molecule has 2 rings (SSSR count). The molecule has 0 unspecified atom stereocenters. The molecular formula is C12H15N3O2. The van der Waals surface area contributed by atoms with Crippen molar-refractivity contribution in [3.05, 3.63) is 24.3 Å². The molecule has 0 saturated heterocycles. The number of nitrogens with zero attached hydrogens (tertiary/aromatic N) is 1. The van der Waals surface area contributed by atoms with Crippen LogP contribution in [0.25, 0.3) is 0 Å². The van der Waals surface area contributed by atoms with E-state index in [1.54, 1.807) is 24.3 Å². The molecule has 1 aliphatic carbocycles. The summed E-state index contributed by atoms with van der Waals surface area (Å²) in [6, 6.07) is 6.49. The lowest BCUT2D eigenvalue weighted by Gasteiger charge is -2.19. The first kappa shape index (κ1) is 11.4. The first-order chi connectivity index (χ1) is 8.08. The van der Waals surface area contributed by atoms with Crippen LogP contribution >= 0.6 is 0 Å². The summed E-state index contributed by atoms with van der Waals surface area (Å²) in [5.74, 6) is -0.312. The lowest BCUT2D eigenvalue weighted by molar-refractivity contribution is -0.115. The minimum Gasteiger partial charge on any atom is -0.399 e. The number of nitrogen functional groups attached to an aromatic ring is 1. The van der Waals surface area contributed by atoms with Crippen molar-refractivity contribution in [3.8, 4) is 0 Å². The monoisotopic (exact) mass is 233 g/mol. The van der Waals surface area contributed by atoms with Gasteiger partial charge in [0.05, 0.1) is 5.69 Å². The minimum atomic E-state index is -0.371. The van der Waals surface area contributed by atoms with Gasteiger partial charge in [-0.15, -0.1) is 0 Å². The van der Waals surface area contributed by atoms with Crippen LogP contribution in [0.1, 0.15) is 19.8 Å². The van der Waals surface area contributed by atoms with E-state index in [1.807, 2.05) is 0 Å². The molecule has 17 heavy (non-hydrogen) atoms. The van der Waals surface area contributed by atoms with Gasteiger partial charge in [-0.05, 0) is 37.1 Å². The summed E-state index contributed by atoms with van der Waals surface area (Å²) in [4.78, 5) is 24.5. The largest absolute Gasteiger partial charge is 0.399 e. The minimum absolute atomic E-state index is 0.220. The number of amides is 3. The molecule has 5 heteroatoms. The van der Waals surface area contributed by atoms with Gasteiger partial charge in [0.2, 0.25) is 5.91 Å². The van der Waals surface area contributed by atoms with Crippen LogP contribution in [0.15, 0.2) is 24.3 Å². The molecule has 0 aromatic heterocycles. The standard InChI is InChI=1S/C12H15N3O2/c1-8(16)15(12(17)14-10-4-5-10)11-6-2-9(13)3-7-11/h2-3,6-7,10H,4-5,13H2,1H3,(H,14,17). The molecule has 90 valence electrons. The second-order valence-corrected chi connectivity index (χ2v) is 4.17. The van der Waals surface area contributed by atoms with Crippen LogP contribution in [-0.2, 0) is 4.79 Å². The molecule has 5 nitrogen and oxygen atoms in total. The second kappa shape index (κ2) is 4.45. The van der Waals surface area contributed by atoms with Gasteiger partial charge in [-0.2, -0.15) is 0 Å². The molecule has 1 aliphatic rings. The average molecular weight is 233 g/mol. The van der Waals surface area contributed by atoms with Gasteiger partial charge >= 0.3 is 6.03 Å². The van der Waals surface area contributed by atoms with Crippen molar-refractivity contribution < 1.29 is 9.59 Å². The predicted molar refractivity (Wildman–Crippen MR) is 65.6 cm³/mol. The molecule has 0 bridgehead atoms. The van der Waals surface area contributed by atoms with E-state index in [-0.39, 0.29) is 18.0 Å². The van der Waals surface area contributed by atoms with Gasteiger partial charge in [-0.25, -0.2) is 9.69 Å². The van der Waals surface area contributed by atoms with Gasteiger partial charge in [-0.1, -0.05) is 0 Å². The highest BCUT2D eigenvalue weighted by molar-refractivity contribution is 6.13. The molecule has 0 spiro atoms. The van der Waals surface area contributed by atoms with Crippen molar-refractivity contribution in [1.82, 2.24) is 5.32 Å². The highest BCUT2D eigenvalue weighted by Crippen LogP contribution is 2.21. The van der Waals surface area contributed by atoms with Crippen molar-refractivity contribution >= 4 is 23.3 Å². The van der Waals surface area contributed by atoms with Gasteiger partial charge in [0.25, 0.3) is 0 Å². The van der Waals surface area contributed by atoms with E-state index in [9.17, 15) is 9.59 Å². The number of nitrogens with one attached hydrogen (secondary N) is 1. The Morgan fingerprint density at radius 2 is 1.88 bits per heavy atom. The van der Waals surface area contributed by atoms with Crippen molar-refractivity contribution in [1.29, 1.82) is 0 Å². The number of urea groups is 1. The van der Waals surface area contributed by atoms with E-state index < -0.39 is 0 Å². The highest BCUT2D eigenvalue weighted by Gasteiger charge is 2.28. The highest BCUT2D eigenvalue weighted by atomic mass is 16.2. The number of benzene rings is 1. The number of anilines is 2. The van der Waals surface area contributed by atoms with Gasteiger partial charge < -0.3 is 11.1 Å². The van der Waals surface area contributed by atoms with Crippen molar-refractivity contribution in [2.75, 3.05) is 10.6 Å². The zero-order valence-electron chi connectivity index (χ0n) is 9.64. The fourth-order valence-corrected chi connectivity index (χ4v) is 1.53. The number of carbonyl (C=O) groups is 2. The number of nitrogens with two attached hydrogens (primary N) is 1. The van der Waals surface area contributed by atoms with Crippen LogP contribution in [0.5, 0.6) is 0 Å². The Hall–Kier alpha value is -2.04. The van der Waals surface area contributed by atoms with Crippen LogP contribution < -0.4 is 16.0 Å². The average Bonchev–Trinajstić information content (AvgIpc) is 3.04. The molecule has 3 amide bonds. The number of rotatable bonds is 2. The molecule has 1 aromatic rings. The molecule has 1 saturated carbocycles. The summed E-state index contributed by atoms with van der Waals surface area (Å²) >= 11 is 0. The number of carbonyl (C=O) groups excluding carboxylic acids is 2. The maximum Gasteiger partial charge on any atom is 0.328 e. The topological polar surface area (TPSA) is 75.4 Å². The Bertz CT molecular complexity index is 438. The Kier molecular flexibility index (Phi) is 2.99. The number of hydrogen-bond donors (Lipinski definition) is 2. The van der Waals surface area contributed by atoms with Gasteiger partial charge in [0.1, 0.15) is 0 Å². The Balaban J connectivity index is 2.18. The second-order valence-electron chi connectivity index (χ2n) is 4.17. The molecule has 1 aromatic carbocycles. The molecule has 0 atom stereocenters. The summed E-state index contributed by atoms with van der Waals surface area (Å²) < 4.78 is 0. The van der Waals surface area contributed by atoms with E-state index >= 15 is 0 Å². The summed E-state index contributed by atoms with van der Waals surface area (Å²) in [5, 5.41) is 2.78. The van der Waals surface area contributed by atoms with Crippen LogP contribution in [0.3, 0.4) is 0 Å². The number of imide groups is 1. The van der Waals surface area contributed by atoms with Crippen molar-refractivity contribution in [2.24, 2.45) is 0 Å². The van der Waals surface area contributed by atoms with Crippen molar-refractivity contribution in [3.63, 3.8) is 0 Å². The normalized spacial score (nSPS) is 14.2. The quantitative estimate of drug-likeness (QED) is 0.760. The summed E-state index contributed by atoms with van der Waals surface area (Å²) in [5.41, 5.74) is 6.70. The zero-order valence-corrected chi connectivity index (χ0v) is 9.64. The fourth-order valence-electron chi connectivity index (χ4n) is 1.53. The van der Waals surface area contributed by atoms with Gasteiger partial charge in [-0.3, -0.25) is 4.79 Å². The van der Waals surface area contributed by atoms with Gasteiger partial charge in [0, 0.05) is 18.7 Å². The Morgan fingerprint density at radius 1 is 1.29 bits per heavy atom. The van der Waals surface area contributed by atoms with E-state index in [0.717, 1.165) is 17.7 Å². The molecule has 1 fully saturated rings. The van der Waals surface area contributed by atoms with E-state index in [2.05, 4.69) is 5.32 Å². The predicted octanol–water partition coefficient (Wildman–Crippen LogP) is 1.49. The number of hydrogen-bond acceptors (Lipinski definition) is 3. The van der Waals surface area contributed by atoms with Crippen LogP contribution in [-0.4, -0.2) is 18.0 Å². The lowest BCUT2D eigenvalue weighted by atomic mass is 10.2. The molecule has 0 heterocycles. The third-order valence-corrected chi connectivity index (χ3v) is 2.57. The summed E-state index contributed by atoms with van der Waals surface area (Å²) in [6.45, 7) is 1.36. The van der Waals surface area contributed by atoms with Crippen LogP contribution in [0.4, 0.5) is 16.2 Å². The van der Waals surface area contributed by atoms with E-state index in [1.165, 1.54) is 6.92 Å². The SMILES string of the molecule is CC(=O)N(C(=O)NC1CC1)c1ccc(N)cc1. The zero-order chi connectivity index (χ0) is 12.4. The fraction of sp³-hybridized carbons (Fsp3) is 0.333. The Morgan fingerprint density at radius 3 is 2.35 bits per heavy atom. The smallest absolute Gasteiger partial charge is 0.328 e. The molecular weight excluding hydrogens is 218 g/mol. The Labute approximate surface area is 99.6 Å². The third kappa shape index (κ3) is 2.75. The molecule has 0 radical (unpaired) electrons.